The van der Waals surface area contributed by atoms with Crippen molar-refractivity contribution in [2.75, 3.05) is 16.6 Å². The van der Waals surface area contributed by atoms with Gasteiger partial charge in [-0.1, -0.05) is 22.0 Å². The molecule has 0 aliphatic rings. The van der Waals surface area contributed by atoms with E-state index in [9.17, 15) is 26.4 Å². The van der Waals surface area contributed by atoms with Crippen molar-refractivity contribution in [1.29, 1.82) is 0 Å². The number of anilines is 2. The summed E-state index contributed by atoms with van der Waals surface area (Å²) in [4.78, 5) is 11.8. The van der Waals surface area contributed by atoms with Crippen molar-refractivity contribution in [2.24, 2.45) is 0 Å². The Balaban J connectivity index is 1.60. The SMILES string of the molecule is O=C(COc1ccc(S(=O)(=O)Nc2cccc(C(F)(F)F)c2)cc1)Nc1ccc(Br)cc1. The molecule has 0 spiro atoms. The highest BCUT2D eigenvalue weighted by Gasteiger charge is 2.30. The van der Waals surface area contributed by atoms with Gasteiger partial charge in [0.15, 0.2) is 6.61 Å². The Morgan fingerprint density at radius 2 is 1.59 bits per heavy atom. The second kappa shape index (κ2) is 9.61. The predicted molar refractivity (Wildman–Crippen MR) is 117 cm³/mol. The van der Waals surface area contributed by atoms with E-state index in [0.717, 1.165) is 16.6 Å². The molecule has 1 amide bonds. The number of carbonyl (C=O) groups is 1. The van der Waals surface area contributed by atoms with Gasteiger partial charge in [0.2, 0.25) is 0 Å². The van der Waals surface area contributed by atoms with Crippen molar-refractivity contribution >= 4 is 43.2 Å². The number of hydrogen-bond donors (Lipinski definition) is 2. The van der Waals surface area contributed by atoms with Gasteiger partial charge in [0, 0.05) is 15.8 Å². The van der Waals surface area contributed by atoms with Crippen LogP contribution in [-0.4, -0.2) is 20.9 Å². The van der Waals surface area contributed by atoms with Crippen LogP contribution in [0.1, 0.15) is 5.56 Å². The number of benzene rings is 3. The van der Waals surface area contributed by atoms with Crippen LogP contribution < -0.4 is 14.8 Å². The highest BCUT2D eigenvalue weighted by molar-refractivity contribution is 9.10. The monoisotopic (exact) mass is 528 g/mol. The van der Waals surface area contributed by atoms with Crippen LogP contribution >= 0.6 is 15.9 Å². The van der Waals surface area contributed by atoms with Gasteiger partial charge in [0.25, 0.3) is 15.9 Å². The fraction of sp³-hybridized carbons (Fsp3) is 0.0952. The number of ether oxygens (including phenoxy) is 1. The van der Waals surface area contributed by atoms with E-state index in [2.05, 4.69) is 26.0 Å². The van der Waals surface area contributed by atoms with Crippen LogP contribution in [0.3, 0.4) is 0 Å². The Morgan fingerprint density at radius 1 is 0.938 bits per heavy atom. The summed E-state index contributed by atoms with van der Waals surface area (Å²) in [5.74, 6) is -0.163. The van der Waals surface area contributed by atoms with Gasteiger partial charge in [-0.2, -0.15) is 13.2 Å². The molecular formula is C21H16BrF3N2O4S. The zero-order valence-corrected chi connectivity index (χ0v) is 18.6. The Labute approximate surface area is 190 Å². The summed E-state index contributed by atoms with van der Waals surface area (Å²) >= 11 is 3.29. The van der Waals surface area contributed by atoms with E-state index >= 15 is 0 Å². The number of amides is 1. The first kappa shape index (κ1) is 23.6. The molecule has 32 heavy (non-hydrogen) atoms. The molecule has 0 aliphatic carbocycles. The molecule has 6 nitrogen and oxygen atoms in total. The molecule has 3 aromatic carbocycles. The van der Waals surface area contributed by atoms with Crippen LogP contribution in [0.5, 0.6) is 5.75 Å². The largest absolute Gasteiger partial charge is 0.484 e. The predicted octanol–water partition coefficient (Wildman–Crippen LogP) is 5.29. The topological polar surface area (TPSA) is 84.5 Å². The van der Waals surface area contributed by atoms with E-state index in [1.54, 1.807) is 24.3 Å². The van der Waals surface area contributed by atoms with Gasteiger partial charge in [0.1, 0.15) is 5.75 Å². The summed E-state index contributed by atoms with van der Waals surface area (Å²) in [6.45, 7) is -0.301. The van der Waals surface area contributed by atoms with Gasteiger partial charge in [-0.15, -0.1) is 0 Å². The number of halogens is 4. The van der Waals surface area contributed by atoms with Crippen LogP contribution in [0, 0.1) is 0 Å². The molecule has 0 aliphatic heterocycles. The highest BCUT2D eigenvalue weighted by Crippen LogP contribution is 2.31. The summed E-state index contributed by atoms with van der Waals surface area (Å²) in [7, 11) is -4.12. The maximum atomic E-state index is 12.8. The lowest BCUT2D eigenvalue weighted by atomic mass is 10.2. The van der Waals surface area contributed by atoms with E-state index in [4.69, 9.17) is 4.74 Å². The number of rotatable bonds is 7. The Kier molecular flexibility index (Phi) is 7.09. The van der Waals surface area contributed by atoms with Crippen LogP contribution in [0.2, 0.25) is 0 Å². The standard InChI is InChI=1S/C21H16BrF3N2O4S/c22-15-4-6-16(7-5-15)26-20(28)13-31-18-8-10-19(11-9-18)32(29,30)27-17-3-1-2-14(12-17)21(23,24)25/h1-12,27H,13H2,(H,26,28). The summed E-state index contributed by atoms with van der Waals surface area (Å²) in [6, 6.07) is 15.9. The van der Waals surface area contributed by atoms with Gasteiger partial charge in [-0.05, 0) is 66.7 Å². The molecule has 0 saturated heterocycles. The van der Waals surface area contributed by atoms with Gasteiger partial charge in [-0.25, -0.2) is 8.42 Å². The molecule has 0 unspecified atom stereocenters. The average Bonchev–Trinajstić information content (AvgIpc) is 2.73. The first-order valence-corrected chi connectivity index (χ1v) is 11.3. The fourth-order valence-corrected chi connectivity index (χ4v) is 3.88. The van der Waals surface area contributed by atoms with E-state index in [-0.39, 0.29) is 22.9 Å². The van der Waals surface area contributed by atoms with Gasteiger partial charge in [-0.3, -0.25) is 9.52 Å². The summed E-state index contributed by atoms with van der Waals surface area (Å²) in [5, 5.41) is 2.65. The van der Waals surface area contributed by atoms with E-state index in [1.165, 1.54) is 30.3 Å². The lowest BCUT2D eigenvalue weighted by molar-refractivity contribution is -0.137. The lowest BCUT2D eigenvalue weighted by Crippen LogP contribution is -2.20. The van der Waals surface area contributed by atoms with Gasteiger partial charge < -0.3 is 10.1 Å². The molecule has 0 bridgehead atoms. The maximum absolute atomic E-state index is 12.8. The van der Waals surface area contributed by atoms with E-state index in [0.29, 0.717) is 11.8 Å². The fourth-order valence-electron chi connectivity index (χ4n) is 2.57. The molecule has 0 atom stereocenters. The number of hydrogen-bond acceptors (Lipinski definition) is 4. The van der Waals surface area contributed by atoms with Crippen LogP contribution in [0.15, 0.2) is 82.2 Å². The third-order valence-corrected chi connectivity index (χ3v) is 6.00. The average molecular weight is 529 g/mol. The first-order valence-electron chi connectivity index (χ1n) is 9.01. The van der Waals surface area contributed by atoms with Crippen LogP contribution in [0.25, 0.3) is 0 Å². The molecule has 0 heterocycles. The summed E-state index contributed by atoms with van der Waals surface area (Å²) in [6.07, 6.45) is -4.59. The second-order valence-electron chi connectivity index (χ2n) is 6.50. The zero-order valence-electron chi connectivity index (χ0n) is 16.2. The molecule has 3 aromatic rings. The van der Waals surface area contributed by atoms with Gasteiger partial charge in [0.05, 0.1) is 10.5 Å². The number of alkyl halides is 3. The molecule has 0 saturated carbocycles. The van der Waals surface area contributed by atoms with Crippen molar-refractivity contribution in [3.05, 3.63) is 82.8 Å². The van der Waals surface area contributed by atoms with Crippen molar-refractivity contribution in [3.63, 3.8) is 0 Å². The third kappa shape index (κ3) is 6.47. The number of carbonyl (C=O) groups excluding carboxylic acids is 1. The van der Waals surface area contributed by atoms with Crippen molar-refractivity contribution in [1.82, 2.24) is 0 Å². The van der Waals surface area contributed by atoms with Crippen molar-refractivity contribution < 1.29 is 31.1 Å². The zero-order chi connectivity index (χ0) is 23.4. The Hall–Kier alpha value is -3.05. The van der Waals surface area contributed by atoms with Crippen LogP contribution in [-0.2, 0) is 21.0 Å². The molecule has 3 rings (SSSR count). The van der Waals surface area contributed by atoms with Gasteiger partial charge >= 0.3 is 6.18 Å². The Morgan fingerprint density at radius 3 is 2.22 bits per heavy atom. The van der Waals surface area contributed by atoms with Crippen molar-refractivity contribution in [2.45, 2.75) is 11.1 Å². The normalized spacial score (nSPS) is 11.6. The quantitative estimate of drug-likeness (QED) is 0.436. The first-order chi connectivity index (χ1) is 15.0. The minimum Gasteiger partial charge on any atom is -0.484 e. The molecule has 11 heteroatoms. The summed E-state index contributed by atoms with van der Waals surface area (Å²) in [5.41, 5.74) is -0.600. The molecular weight excluding hydrogens is 513 g/mol. The number of nitrogens with one attached hydrogen (secondary N) is 2. The molecule has 2 N–H and O–H groups in total. The lowest BCUT2D eigenvalue weighted by Gasteiger charge is -2.12. The third-order valence-electron chi connectivity index (χ3n) is 4.07. The smallest absolute Gasteiger partial charge is 0.416 e. The molecule has 0 radical (unpaired) electrons. The molecule has 0 aromatic heterocycles. The van der Waals surface area contributed by atoms with E-state index in [1.807, 2.05) is 0 Å². The number of sulfonamides is 1. The molecule has 0 fully saturated rings. The summed E-state index contributed by atoms with van der Waals surface area (Å²) < 4.78 is 71.7. The highest BCUT2D eigenvalue weighted by atomic mass is 79.9. The second-order valence-corrected chi connectivity index (χ2v) is 9.10. The van der Waals surface area contributed by atoms with Crippen molar-refractivity contribution in [3.8, 4) is 5.75 Å². The minimum absolute atomic E-state index is 0.179. The minimum atomic E-state index is -4.59. The molecule has 168 valence electrons. The Bertz CT molecular complexity index is 1200. The maximum Gasteiger partial charge on any atom is 0.416 e. The van der Waals surface area contributed by atoms with Crippen LogP contribution in [0.4, 0.5) is 24.5 Å². The van der Waals surface area contributed by atoms with E-state index < -0.39 is 27.7 Å².